The van der Waals surface area contributed by atoms with Crippen molar-refractivity contribution in [2.75, 3.05) is 38.6 Å². The van der Waals surface area contributed by atoms with Gasteiger partial charge in [-0.15, -0.1) is 0 Å². The molecule has 194 valence electrons. The minimum absolute atomic E-state index is 0.141. The lowest BCUT2D eigenvalue weighted by molar-refractivity contribution is 0.103. The van der Waals surface area contributed by atoms with E-state index in [4.69, 9.17) is 4.74 Å². The number of aryl methyl sites for hydroxylation is 1. The van der Waals surface area contributed by atoms with Crippen molar-refractivity contribution in [3.63, 3.8) is 0 Å². The predicted molar refractivity (Wildman–Crippen MR) is 134 cm³/mol. The number of fused-ring (bicyclic) bond motifs is 1. The number of hydrogen-bond donors (Lipinski definition) is 1. The van der Waals surface area contributed by atoms with E-state index >= 15 is 0 Å². The first-order valence-corrected chi connectivity index (χ1v) is 12.2. The predicted octanol–water partition coefficient (Wildman–Crippen LogP) is 5.12. The fraction of sp³-hybridized carbons (Fsp3) is 0.500. The molecule has 0 radical (unpaired) electrons. The second kappa shape index (κ2) is 11.0. The number of hydrogen-bond acceptors (Lipinski definition) is 7. The molecule has 10 heteroatoms. The molecule has 0 amide bonds. The Hall–Kier alpha value is -2.98. The Morgan fingerprint density at radius 2 is 1.72 bits per heavy atom. The SMILES string of the molecule is COc1nc2nc(C)nc(N[C@H](C)c3cccc(C(F)F)c3F)c2cc1CN1CCN(C(C)C)CC1. The maximum Gasteiger partial charge on any atom is 0.266 e. The number of aromatic nitrogens is 3. The van der Waals surface area contributed by atoms with Crippen LogP contribution >= 0.6 is 0 Å². The summed E-state index contributed by atoms with van der Waals surface area (Å²) >= 11 is 0. The van der Waals surface area contributed by atoms with Gasteiger partial charge in [-0.2, -0.15) is 4.98 Å². The fourth-order valence-electron chi connectivity index (χ4n) is 4.62. The average Bonchev–Trinajstić information content (AvgIpc) is 2.84. The number of ether oxygens (including phenoxy) is 1. The van der Waals surface area contributed by atoms with Crippen molar-refractivity contribution in [1.82, 2.24) is 24.8 Å². The van der Waals surface area contributed by atoms with Gasteiger partial charge in [-0.3, -0.25) is 9.80 Å². The molecule has 1 atom stereocenters. The van der Waals surface area contributed by atoms with Crippen molar-refractivity contribution in [3.8, 4) is 5.88 Å². The van der Waals surface area contributed by atoms with Gasteiger partial charge in [-0.1, -0.05) is 18.2 Å². The second-order valence-corrected chi connectivity index (χ2v) is 9.47. The zero-order valence-electron chi connectivity index (χ0n) is 21.4. The number of rotatable bonds is 8. The molecule has 0 aliphatic carbocycles. The van der Waals surface area contributed by atoms with Crippen LogP contribution < -0.4 is 10.1 Å². The van der Waals surface area contributed by atoms with Gasteiger partial charge in [0.25, 0.3) is 6.43 Å². The quantitative estimate of drug-likeness (QED) is 0.459. The maximum absolute atomic E-state index is 14.8. The molecular formula is C26H33F3N6O. The number of nitrogens with zero attached hydrogens (tertiary/aromatic N) is 5. The van der Waals surface area contributed by atoms with Gasteiger partial charge < -0.3 is 10.1 Å². The van der Waals surface area contributed by atoms with Crippen molar-refractivity contribution in [2.45, 2.75) is 52.7 Å². The molecule has 0 saturated carbocycles. The molecule has 0 bridgehead atoms. The third kappa shape index (κ3) is 5.54. The summed E-state index contributed by atoms with van der Waals surface area (Å²) in [6.45, 7) is 12.4. The molecule has 1 saturated heterocycles. The van der Waals surface area contributed by atoms with E-state index in [1.165, 1.54) is 12.1 Å². The van der Waals surface area contributed by atoms with Gasteiger partial charge >= 0.3 is 0 Å². The van der Waals surface area contributed by atoms with Crippen LogP contribution in [0.4, 0.5) is 19.0 Å². The average molecular weight is 503 g/mol. The van der Waals surface area contributed by atoms with Crippen molar-refractivity contribution < 1.29 is 17.9 Å². The van der Waals surface area contributed by atoms with Crippen LogP contribution in [0.3, 0.4) is 0 Å². The van der Waals surface area contributed by atoms with E-state index in [1.807, 2.05) is 6.07 Å². The molecule has 3 heterocycles. The van der Waals surface area contributed by atoms with Crippen LogP contribution in [-0.2, 0) is 6.54 Å². The normalized spacial score (nSPS) is 16.2. The molecule has 7 nitrogen and oxygen atoms in total. The standard InChI is InChI=1S/C26H33F3N6O/c1-15(2)35-11-9-34(10-12-35)14-18-13-21-24(31-17(4)32-25(21)33-26(18)36-5)30-16(3)19-7-6-8-20(22(19)27)23(28)29/h6-8,13,15-16,23H,9-12,14H2,1-5H3,(H,30,31,32,33)/t16-/m1/s1. The zero-order valence-corrected chi connectivity index (χ0v) is 21.4. The topological polar surface area (TPSA) is 66.4 Å². The number of pyridine rings is 1. The number of nitrogens with one attached hydrogen (secondary N) is 1. The van der Waals surface area contributed by atoms with Gasteiger partial charge in [0, 0.05) is 49.9 Å². The van der Waals surface area contributed by atoms with E-state index in [9.17, 15) is 13.2 Å². The highest BCUT2D eigenvalue weighted by Gasteiger charge is 2.23. The second-order valence-electron chi connectivity index (χ2n) is 9.47. The molecule has 4 rings (SSSR count). The Bertz CT molecular complexity index is 1210. The van der Waals surface area contributed by atoms with Crippen LogP contribution in [0.15, 0.2) is 24.3 Å². The van der Waals surface area contributed by atoms with E-state index in [2.05, 4.69) is 43.9 Å². The van der Waals surface area contributed by atoms with E-state index in [0.29, 0.717) is 41.1 Å². The summed E-state index contributed by atoms with van der Waals surface area (Å²) in [5, 5.41) is 3.86. The first-order chi connectivity index (χ1) is 17.2. The number of methoxy groups -OCH3 is 1. The Balaban J connectivity index is 1.65. The van der Waals surface area contributed by atoms with Crippen LogP contribution in [0.1, 0.15) is 55.8 Å². The molecule has 0 unspecified atom stereocenters. The summed E-state index contributed by atoms with van der Waals surface area (Å²) in [4.78, 5) is 18.4. The summed E-state index contributed by atoms with van der Waals surface area (Å²) < 4.78 is 46.8. The molecule has 1 aliphatic heterocycles. The summed E-state index contributed by atoms with van der Waals surface area (Å²) in [6.07, 6.45) is -2.89. The molecule has 1 aliphatic rings. The molecular weight excluding hydrogens is 469 g/mol. The minimum atomic E-state index is -2.89. The van der Waals surface area contributed by atoms with Crippen LogP contribution in [0.5, 0.6) is 5.88 Å². The molecule has 1 aromatic carbocycles. The summed E-state index contributed by atoms with van der Waals surface area (Å²) in [5.74, 6) is 0.532. The van der Waals surface area contributed by atoms with Gasteiger partial charge in [0.15, 0.2) is 5.65 Å². The van der Waals surface area contributed by atoms with E-state index in [1.54, 1.807) is 21.0 Å². The maximum atomic E-state index is 14.8. The largest absolute Gasteiger partial charge is 0.481 e. The third-order valence-corrected chi connectivity index (χ3v) is 6.68. The lowest BCUT2D eigenvalue weighted by Gasteiger charge is -2.37. The Morgan fingerprint density at radius 3 is 2.36 bits per heavy atom. The van der Waals surface area contributed by atoms with Crippen molar-refractivity contribution in [3.05, 3.63) is 52.6 Å². The van der Waals surface area contributed by atoms with Gasteiger partial charge in [-0.25, -0.2) is 23.1 Å². The minimum Gasteiger partial charge on any atom is -0.481 e. The van der Waals surface area contributed by atoms with Crippen LogP contribution in [0.2, 0.25) is 0 Å². The number of benzene rings is 1. The van der Waals surface area contributed by atoms with Crippen LogP contribution in [-0.4, -0.2) is 64.1 Å². The summed E-state index contributed by atoms with van der Waals surface area (Å²) in [5.41, 5.74) is 0.874. The molecule has 36 heavy (non-hydrogen) atoms. The monoisotopic (exact) mass is 502 g/mol. The lowest BCUT2D eigenvalue weighted by Crippen LogP contribution is -2.48. The summed E-state index contributed by atoms with van der Waals surface area (Å²) in [7, 11) is 1.59. The zero-order chi connectivity index (χ0) is 26.0. The first kappa shape index (κ1) is 26.1. The highest BCUT2D eigenvalue weighted by molar-refractivity contribution is 5.87. The fourth-order valence-corrected chi connectivity index (χ4v) is 4.62. The van der Waals surface area contributed by atoms with Crippen LogP contribution in [0, 0.1) is 12.7 Å². The smallest absolute Gasteiger partial charge is 0.266 e. The Morgan fingerprint density at radius 1 is 1.03 bits per heavy atom. The molecule has 1 N–H and O–H groups in total. The highest BCUT2D eigenvalue weighted by atomic mass is 19.3. The highest BCUT2D eigenvalue weighted by Crippen LogP contribution is 2.32. The van der Waals surface area contributed by atoms with Gasteiger partial charge in [0.05, 0.1) is 24.1 Å². The molecule has 0 spiro atoms. The number of alkyl halides is 2. The van der Waals surface area contributed by atoms with Gasteiger partial charge in [0.2, 0.25) is 5.88 Å². The van der Waals surface area contributed by atoms with Gasteiger partial charge in [-0.05, 0) is 33.8 Å². The van der Waals surface area contributed by atoms with Crippen LogP contribution in [0.25, 0.3) is 11.0 Å². The van der Waals surface area contributed by atoms with E-state index < -0.39 is 23.8 Å². The number of halogens is 3. The number of piperazine rings is 1. The molecule has 1 fully saturated rings. The van der Waals surface area contributed by atoms with Crippen molar-refractivity contribution in [2.24, 2.45) is 0 Å². The number of anilines is 1. The van der Waals surface area contributed by atoms with Crippen molar-refractivity contribution >= 4 is 16.9 Å². The first-order valence-electron chi connectivity index (χ1n) is 12.2. The van der Waals surface area contributed by atoms with E-state index in [0.717, 1.165) is 37.8 Å². The molecule has 2 aromatic heterocycles. The van der Waals surface area contributed by atoms with Gasteiger partial charge in [0.1, 0.15) is 17.5 Å². The van der Waals surface area contributed by atoms with Crippen molar-refractivity contribution in [1.29, 1.82) is 0 Å². The molecule has 3 aromatic rings. The Labute approximate surface area is 209 Å². The Kier molecular flexibility index (Phi) is 7.94. The third-order valence-electron chi connectivity index (χ3n) is 6.68. The van der Waals surface area contributed by atoms with E-state index in [-0.39, 0.29) is 5.56 Å². The summed E-state index contributed by atoms with van der Waals surface area (Å²) in [6, 6.07) is 5.89. The lowest BCUT2D eigenvalue weighted by atomic mass is 10.0.